The highest BCUT2D eigenvalue weighted by atomic mass is 19.1. The number of nitrogens with one attached hydrogen (secondary N) is 1. The molecule has 22 heavy (non-hydrogen) atoms. The van der Waals surface area contributed by atoms with Crippen LogP contribution < -0.4 is 4.74 Å². The number of para-hydroxylation sites is 2. The number of aromatic nitrogens is 2. The van der Waals surface area contributed by atoms with Crippen LogP contribution in [0.2, 0.25) is 0 Å². The monoisotopic (exact) mass is 296 g/mol. The van der Waals surface area contributed by atoms with Crippen molar-refractivity contribution in [3.05, 3.63) is 60.4 Å². The molecule has 0 saturated heterocycles. The van der Waals surface area contributed by atoms with Crippen molar-refractivity contribution in [2.75, 3.05) is 6.61 Å². The Hall–Kier alpha value is -2.62. The largest absolute Gasteiger partial charge is 0.489 e. The molecule has 0 aliphatic carbocycles. The molecule has 2 aromatic carbocycles. The van der Waals surface area contributed by atoms with E-state index in [1.54, 1.807) is 0 Å². The lowest BCUT2D eigenvalue weighted by molar-refractivity contribution is 0.345. The lowest BCUT2D eigenvalue weighted by Crippen LogP contribution is -2.00. The zero-order chi connectivity index (χ0) is 15.4. The highest BCUT2D eigenvalue weighted by molar-refractivity contribution is 5.79. The summed E-state index contributed by atoms with van der Waals surface area (Å²) < 4.78 is 18.1. The predicted octanol–water partition coefficient (Wildman–Crippen LogP) is 4.87. The lowest BCUT2D eigenvalue weighted by Gasteiger charge is -2.07. The minimum Gasteiger partial charge on any atom is -0.489 e. The van der Waals surface area contributed by atoms with Crippen LogP contribution in [0, 0.1) is 0 Å². The van der Waals surface area contributed by atoms with Gasteiger partial charge in [-0.1, -0.05) is 19.1 Å². The Balaban J connectivity index is 1.76. The van der Waals surface area contributed by atoms with Gasteiger partial charge >= 0.3 is 0 Å². The summed E-state index contributed by atoms with van der Waals surface area (Å²) in [6.45, 7) is 2.18. The van der Waals surface area contributed by atoms with Crippen molar-refractivity contribution >= 4 is 11.0 Å². The quantitative estimate of drug-likeness (QED) is 0.729. The second kappa shape index (κ2) is 6.43. The van der Waals surface area contributed by atoms with Crippen molar-refractivity contribution in [1.82, 2.24) is 9.97 Å². The molecule has 4 heteroatoms. The first-order valence-electron chi connectivity index (χ1n) is 7.26. The van der Waals surface area contributed by atoms with Gasteiger partial charge in [0.25, 0.3) is 0 Å². The maximum absolute atomic E-state index is 12.5. The van der Waals surface area contributed by atoms with Crippen LogP contribution in [0.1, 0.15) is 13.3 Å². The first-order chi connectivity index (χ1) is 10.8. The number of imidazole rings is 1. The molecule has 0 amide bonds. The minimum absolute atomic E-state index is 0.275. The zero-order valence-electron chi connectivity index (χ0n) is 12.3. The number of hydrogen-bond acceptors (Lipinski definition) is 2. The number of aromatic amines is 1. The van der Waals surface area contributed by atoms with E-state index in [9.17, 15) is 4.39 Å². The fourth-order valence-corrected chi connectivity index (χ4v) is 2.19. The van der Waals surface area contributed by atoms with Gasteiger partial charge in [-0.25, -0.2) is 9.37 Å². The Bertz CT molecular complexity index is 757. The van der Waals surface area contributed by atoms with E-state index in [1.165, 1.54) is 0 Å². The highest BCUT2D eigenvalue weighted by Gasteiger charge is 2.05. The molecule has 112 valence electrons. The van der Waals surface area contributed by atoms with Gasteiger partial charge in [0.05, 0.1) is 17.4 Å². The molecule has 0 fully saturated rings. The number of ether oxygens (including phenoxy) is 1. The Morgan fingerprint density at radius 3 is 2.64 bits per heavy atom. The second-order valence-corrected chi connectivity index (χ2v) is 5.04. The molecule has 0 aliphatic rings. The van der Waals surface area contributed by atoms with E-state index < -0.39 is 0 Å². The Labute approximate surface area is 128 Å². The number of rotatable bonds is 5. The van der Waals surface area contributed by atoms with Crippen LogP contribution in [-0.2, 0) is 0 Å². The van der Waals surface area contributed by atoms with E-state index in [1.807, 2.05) is 55.5 Å². The molecule has 0 radical (unpaired) electrons. The third-order valence-corrected chi connectivity index (χ3v) is 3.55. The maximum Gasteiger partial charge on any atom is 0.138 e. The highest BCUT2D eigenvalue weighted by Crippen LogP contribution is 2.23. The summed E-state index contributed by atoms with van der Waals surface area (Å²) in [5.74, 6) is 1.54. The number of nitrogens with zero attached hydrogens (tertiary/aromatic N) is 1. The fraction of sp³-hybridized carbons (Fsp3) is 0.167. The van der Waals surface area contributed by atoms with Crippen molar-refractivity contribution in [3.8, 4) is 17.1 Å². The molecule has 3 aromatic rings. The molecule has 1 heterocycles. The average molecular weight is 296 g/mol. The Morgan fingerprint density at radius 1 is 1.18 bits per heavy atom. The summed E-state index contributed by atoms with van der Waals surface area (Å²) in [5, 5.41) is 0. The van der Waals surface area contributed by atoms with Crippen LogP contribution in [0.25, 0.3) is 22.4 Å². The van der Waals surface area contributed by atoms with E-state index >= 15 is 0 Å². The molecular weight excluding hydrogens is 279 g/mol. The molecule has 1 N–H and O–H groups in total. The van der Waals surface area contributed by atoms with Crippen molar-refractivity contribution < 1.29 is 9.13 Å². The summed E-state index contributed by atoms with van der Waals surface area (Å²) in [5.41, 5.74) is 3.58. The summed E-state index contributed by atoms with van der Waals surface area (Å²) >= 11 is 0. The molecule has 0 spiro atoms. The molecule has 3 nitrogen and oxygen atoms in total. The summed E-state index contributed by atoms with van der Waals surface area (Å²) in [7, 11) is 0. The lowest BCUT2D eigenvalue weighted by atomic mass is 10.2. The zero-order valence-corrected chi connectivity index (χ0v) is 12.3. The van der Waals surface area contributed by atoms with Crippen LogP contribution in [0.5, 0.6) is 5.75 Å². The minimum atomic E-state index is 0.275. The van der Waals surface area contributed by atoms with E-state index in [0.29, 0.717) is 24.1 Å². The van der Waals surface area contributed by atoms with Gasteiger partial charge in [0.15, 0.2) is 0 Å². The fourth-order valence-electron chi connectivity index (χ4n) is 2.19. The molecule has 0 saturated carbocycles. The SMILES string of the molecule is CCC(=CF)COc1ccc(-c2nc3ccccc3[nH]2)cc1. The van der Waals surface area contributed by atoms with E-state index in [4.69, 9.17) is 4.74 Å². The van der Waals surface area contributed by atoms with Crippen LogP contribution in [0.3, 0.4) is 0 Å². The van der Waals surface area contributed by atoms with E-state index in [-0.39, 0.29) is 6.61 Å². The van der Waals surface area contributed by atoms with E-state index in [0.717, 1.165) is 22.4 Å². The number of H-pyrrole nitrogens is 1. The van der Waals surface area contributed by atoms with Gasteiger partial charge in [0.1, 0.15) is 18.2 Å². The van der Waals surface area contributed by atoms with Gasteiger partial charge in [0, 0.05) is 5.56 Å². The maximum atomic E-state index is 12.5. The Morgan fingerprint density at radius 2 is 1.95 bits per heavy atom. The third kappa shape index (κ3) is 3.01. The van der Waals surface area contributed by atoms with Crippen LogP contribution in [0.4, 0.5) is 4.39 Å². The third-order valence-electron chi connectivity index (χ3n) is 3.55. The Kier molecular flexibility index (Phi) is 4.19. The van der Waals surface area contributed by atoms with Crippen molar-refractivity contribution in [1.29, 1.82) is 0 Å². The molecule has 1 aromatic heterocycles. The molecule has 3 rings (SSSR count). The molecule has 0 atom stereocenters. The van der Waals surface area contributed by atoms with Crippen LogP contribution in [-0.4, -0.2) is 16.6 Å². The van der Waals surface area contributed by atoms with Gasteiger partial charge in [0.2, 0.25) is 0 Å². The number of benzene rings is 2. The second-order valence-electron chi connectivity index (χ2n) is 5.04. The summed E-state index contributed by atoms with van der Waals surface area (Å²) in [6, 6.07) is 15.5. The molecular formula is C18H17FN2O. The van der Waals surface area contributed by atoms with Gasteiger partial charge < -0.3 is 9.72 Å². The molecule has 0 aliphatic heterocycles. The average Bonchev–Trinajstić information content (AvgIpc) is 3.00. The molecule has 0 unspecified atom stereocenters. The van der Waals surface area contributed by atoms with Gasteiger partial charge in [-0.15, -0.1) is 0 Å². The van der Waals surface area contributed by atoms with Crippen molar-refractivity contribution in [2.24, 2.45) is 0 Å². The first kappa shape index (κ1) is 14.3. The summed E-state index contributed by atoms with van der Waals surface area (Å²) in [4.78, 5) is 7.85. The van der Waals surface area contributed by atoms with Crippen LogP contribution in [0.15, 0.2) is 60.4 Å². The summed E-state index contributed by atoms with van der Waals surface area (Å²) in [6.07, 6.45) is 1.26. The van der Waals surface area contributed by atoms with Crippen molar-refractivity contribution in [3.63, 3.8) is 0 Å². The smallest absolute Gasteiger partial charge is 0.138 e. The number of hydrogen-bond donors (Lipinski definition) is 1. The van der Waals surface area contributed by atoms with E-state index in [2.05, 4.69) is 9.97 Å². The van der Waals surface area contributed by atoms with Gasteiger partial charge in [-0.2, -0.15) is 0 Å². The van der Waals surface area contributed by atoms with Gasteiger partial charge in [-0.05, 0) is 48.4 Å². The normalized spacial score (nSPS) is 11.8. The van der Waals surface area contributed by atoms with Crippen LogP contribution >= 0.6 is 0 Å². The number of halogens is 1. The number of fused-ring (bicyclic) bond motifs is 1. The topological polar surface area (TPSA) is 37.9 Å². The molecule has 0 bridgehead atoms. The van der Waals surface area contributed by atoms with Gasteiger partial charge in [-0.3, -0.25) is 0 Å². The predicted molar refractivity (Wildman–Crippen MR) is 86.5 cm³/mol. The first-order valence-corrected chi connectivity index (χ1v) is 7.26. The van der Waals surface area contributed by atoms with Crippen molar-refractivity contribution in [2.45, 2.75) is 13.3 Å². The standard InChI is InChI=1S/C18H17FN2O/c1-2-13(11-19)12-22-15-9-7-14(8-10-15)18-20-16-5-3-4-6-17(16)21-18/h3-11H,2,12H2,1H3,(H,20,21).